The highest BCUT2D eigenvalue weighted by atomic mass is 16.5. The number of amides is 1. The highest BCUT2D eigenvalue weighted by Gasteiger charge is 2.17. The van der Waals surface area contributed by atoms with Gasteiger partial charge in [0.2, 0.25) is 5.89 Å². The summed E-state index contributed by atoms with van der Waals surface area (Å²) in [5.41, 5.74) is 0.450. The van der Waals surface area contributed by atoms with E-state index in [0.717, 1.165) is 0 Å². The van der Waals surface area contributed by atoms with Crippen molar-refractivity contribution in [1.82, 2.24) is 15.5 Å². The van der Waals surface area contributed by atoms with Crippen molar-refractivity contribution < 1.29 is 18.5 Å². The predicted molar refractivity (Wildman–Crippen MR) is 64.5 cm³/mol. The molecule has 7 heteroatoms. The van der Waals surface area contributed by atoms with E-state index in [2.05, 4.69) is 15.5 Å². The molecule has 1 N–H and O–H groups in total. The largest absolute Gasteiger partial charge is 0.472 e. The van der Waals surface area contributed by atoms with Crippen LogP contribution in [0.5, 0.6) is 0 Å². The molecule has 0 radical (unpaired) electrons. The lowest BCUT2D eigenvalue weighted by molar-refractivity contribution is 0.0932. The first-order valence-corrected chi connectivity index (χ1v) is 5.85. The van der Waals surface area contributed by atoms with Crippen LogP contribution in [0.1, 0.15) is 35.0 Å². The summed E-state index contributed by atoms with van der Waals surface area (Å²) in [6, 6.07) is 1.21. The van der Waals surface area contributed by atoms with Gasteiger partial charge in [-0.1, -0.05) is 5.16 Å². The van der Waals surface area contributed by atoms with Crippen LogP contribution >= 0.6 is 0 Å². The number of nitrogens with one attached hydrogen (secondary N) is 1. The summed E-state index contributed by atoms with van der Waals surface area (Å²) in [5, 5.41) is 6.55. The summed E-state index contributed by atoms with van der Waals surface area (Å²) in [4.78, 5) is 16.0. The van der Waals surface area contributed by atoms with E-state index in [9.17, 15) is 4.79 Å². The Morgan fingerprint density at radius 1 is 1.58 bits per heavy atom. The second kappa shape index (κ2) is 6.14. The van der Waals surface area contributed by atoms with Crippen molar-refractivity contribution in [3.05, 3.63) is 35.9 Å². The zero-order valence-corrected chi connectivity index (χ0v) is 10.8. The molecule has 0 fully saturated rings. The minimum absolute atomic E-state index is 0.252. The van der Waals surface area contributed by atoms with E-state index >= 15 is 0 Å². The van der Waals surface area contributed by atoms with Crippen molar-refractivity contribution >= 4 is 5.91 Å². The van der Waals surface area contributed by atoms with Crippen molar-refractivity contribution in [2.75, 3.05) is 13.7 Å². The third kappa shape index (κ3) is 3.41. The number of carbonyl (C=O) groups excluding carboxylic acids is 1. The lowest BCUT2D eigenvalue weighted by atomic mass is 10.2. The average molecular weight is 265 g/mol. The second-order valence-electron chi connectivity index (χ2n) is 4.00. The first kappa shape index (κ1) is 13.3. The summed E-state index contributed by atoms with van der Waals surface area (Å²) < 4.78 is 14.9. The molecule has 1 atom stereocenters. The molecule has 0 saturated carbocycles. The van der Waals surface area contributed by atoms with Crippen LogP contribution in [0.15, 0.2) is 27.5 Å². The van der Waals surface area contributed by atoms with Crippen molar-refractivity contribution in [1.29, 1.82) is 0 Å². The Kier molecular flexibility index (Phi) is 4.30. The molecule has 2 heterocycles. The van der Waals surface area contributed by atoms with E-state index in [1.54, 1.807) is 20.1 Å². The van der Waals surface area contributed by atoms with Gasteiger partial charge in [0.25, 0.3) is 5.91 Å². The molecule has 0 saturated heterocycles. The third-order valence-corrected chi connectivity index (χ3v) is 2.51. The van der Waals surface area contributed by atoms with Gasteiger partial charge >= 0.3 is 0 Å². The molecule has 2 aromatic heterocycles. The van der Waals surface area contributed by atoms with Crippen LogP contribution in [0, 0.1) is 0 Å². The van der Waals surface area contributed by atoms with Crippen LogP contribution < -0.4 is 5.32 Å². The number of nitrogens with zero attached hydrogens (tertiary/aromatic N) is 2. The Bertz CT molecular complexity index is 521. The monoisotopic (exact) mass is 265 g/mol. The maximum atomic E-state index is 11.8. The molecule has 7 nitrogen and oxygen atoms in total. The van der Waals surface area contributed by atoms with Crippen molar-refractivity contribution in [3.8, 4) is 0 Å². The van der Waals surface area contributed by atoms with E-state index in [1.807, 2.05) is 0 Å². The molecule has 0 aliphatic carbocycles. The quantitative estimate of drug-likeness (QED) is 0.847. The third-order valence-electron chi connectivity index (χ3n) is 2.51. The lowest BCUT2D eigenvalue weighted by Crippen LogP contribution is -2.26. The van der Waals surface area contributed by atoms with Gasteiger partial charge in [0.15, 0.2) is 5.82 Å². The van der Waals surface area contributed by atoms with Gasteiger partial charge in [-0.15, -0.1) is 0 Å². The van der Waals surface area contributed by atoms with Crippen LogP contribution in [0.4, 0.5) is 0 Å². The van der Waals surface area contributed by atoms with Gasteiger partial charge in [-0.2, -0.15) is 4.98 Å². The molecule has 2 aromatic rings. The Balaban J connectivity index is 1.94. The first-order valence-electron chi connectivity index (χ1n) is 5.85. The lowest BCUT2D eigenvalue weighted by Gasteiger charge is -2.07. The fourth-order valence-corrected chi connectivity index (χ4v) is 1.47. The van der Waals surface area contributed by atoms with Crippen LogP contribution in [-0.4, -0.2) is 29.8 Å². The summed E-state index contributed by atoms with van der Waals surface area (Å²) >= 11 is 0. The van der Waals surface area contributed by atoms with Gasteiger partial charge in [0, 0.05) is 13.5 Å². The molecule has 2 rings (SSSR count). The second-order valence-corrected chi connectivity index (χ2v) is 4.00. The SMILES string of the molecule is COCCc1noc(C(C)NC(=O)c2ccoc2)n1. The smallest absolute Gasteiger partial charge is 0.255 e. The highest BCUT2D eigenvalue weighted by Crippen LogP contribution is 2.11. The summed E-state index contributed by atoms with van der Waals surface area (Å²) in [5.74, 6) is 0.669. The van der Waals surface area contributed by atoms with Crippen LogP contribution in [0.2, 0.25) is 0 Å². The van der Waals surface area contributed by atoms with E-state index < -0.39 is 0 Å². The molecule has 1 amide bonds. The average Bonchev–Trinajstić information content (AvgIpc) is 3.07. The van der Waals surface area contributed by atoms with Gasteiger partial charge in [-0.3, -0.25) is 4.79 Å². The number of hydrogen-bond acceptors (Lipinski definition) is 6. The molecule has 19 heavy (non-hydrogen) atoms. The zero-order chi connectivity index (χ0) is 13.7. The van der Waals surface area contributed by atoms with E-state index in [4.69, 9.17) is 13.7 Å². The minimum atomic E-state index is -0.369. The molecule has 102 valence electrons. The number of ether oxygens (including phenoxy) is 1. The normalized spacial score (nSPS) is 12.3. The number of aromatic nitrogens is 2. The van der Waals surface area contributed by atoms with E-state index in [1.165, 1.54) is 12.5 Å². The molecular formula is C12H15N3O4. The fourth-order valence-electron chi connectivity index (χ4n) is 1.47. The maximum Gasteiger partial charge on any atom is 0.255 e. The highest BCUT2D eigenvalue weighted by molar-refractivity contribution is 5.93. The summed E-state index contributed by atoms with van der Waals surface area (Å²) in [6.45, 7) is 2.29. The van der Waals surface area contributed by atoms with E-state index in [-0.39, 0.29) is 11.9 Å². The Hall–Kier alpha value is -2.15. The molecule has 0 aliphatic rings. The first-order chi connectivity index (χ1) is 9.20. The number of hydrogen-bond donors (Lipinski definition) is 1. The van der Waals surface area contributed by atoms with E-state index in [0.29, 0.717) is 30.3 Å². The molecule has 0 bridgehead atoms. The van der Waals surface area contributed by atoms with Crippen molar-refractivity contribution in [3.63, 3.8) is 0 Å². The van der Waals surface area contributed by atoms with Crippen LogP contribution in [-0.2, 0) is 11.2 Å². The van der Waals surface area contributed by atoms with Gasteiger partial charge < -0.3 is 19.0 Å². The number of furan rings is 1. The van der Waals surface area contributed by atoms with Crippen LogP contribution in [0.25, 0.3) is 0 Å². The Morgan fingerprint density at radius 2 is 2.42 bits per heavy atom. The number of methoxy groups -OCH3 is 1. The Morgan fingerprint density at radius 3 is 3.11 bits per heavy atom. The summed E-state index contributed by atoms with van der Waals surface area (Å²) in [7, 11) is 1.61. The molecule has 1 unspecified atom stereocenters. The van der Waals surface area contributed by atoms with Gasteiger partial charge in [0.1, 0.15) is 12.3 Å². The van der Waals surface area contributed by atoms with Gasteiger partial charge in [-0.05, 0) is 13.0 Å². The topological polar surface area (TPSA) is 90.4 Å². The van der Waals surface area contributed by atoms with Gasteiger partial charge in [0.05, 0.1) is 18.4 Å². The number of rotatable bonds is 6. The molecular weight excluding hydrogens is 250 g/mol. The van der Waals surface area contributed by atoms with Gasteiger partial charge in [-0.25, -0.2) is 0 Å². The minimum Gasteiger partial charge on any atom is -0.472 e. The maximum absolute atomic E-state index is 11.8. The molecule has 0 aromatic carbocycles. The standard InChI is InChI=1S/C12H15N3O4/c1-8(13-11(16)9-3-6-18-7-9)12-14-10(15-19-12)4-5-17-2/h3,6-8H,4-5H2,1-2H3,(H,13,16). The van der Waals surface area contributed by atoms with Crippen molar-refractivity contribution in [2.24, 2.45) is 0 Å². The number of carbonyl (C=O) groups is 1. The molecule has 0 aliphatic heterocycles. The van der Waals surface area contributed by atoms with Crippen molar-refractivity contribution in [2.45, 2.75) is 19.4 Å². The molecule has 0 spiro atoms. The summed E-state index contributed by atoms with van der Waals surface area (Å²) in [6.07, 6.45) is 3.39. The predicted octanol–water partition coefficient (Wildman–Crippen LogP) is 1.34. The van der Waals surface area contributed by atoms with Crippen LogP contribution in [0.3, 0.4) is 0 Å². The zero-order valence-electron chi connectivity index (χ0n) is 10.8. The fraction of sp³-hybridized carbons (Fsp3) is 0.417. The Labute approximate surface area is 109 Å².